The predicted octanol–water partition coefficient (Wildman–Crippen LogP) is 4.72. The SMILES string of the molecule is COc1cc(N=Nc2cc(S(=O)(=O)O)cc3cc(S(=O)(=O)O)cc(OS(=O)(=O)c4ccc(C)cc4)c23)c(C)cc1N. The summed E-state index contributed by atoms with van der Waals surface area (Å²) in [5.74, 6) is -0.342. The molecule has 0 aliphatic heterocycles. The van der Waals surface area contributed by atoms with Crippen LogP contribution in [0, 0.1) is 13.8 Å². The zero-order chi connectivity index (χ0) is 30.3. The van der Waals surface area contributed by atoms with Crippen LogP contribution in [0.4, 0.5) is 17.1 Å². The molecule has 0 radical (unpaired) electrons. The van der Waals surface area contributed by atoms with Crippen molar-refractivity contribution in [2.45, 2.75) is 28.5 Å². The van der Waals surface area contributed by atoms with Crippen LogP contribution in [-0.4, -0.2) is 41.5 Å². The number of benzene rings is 4. The number of aryl methyl sites for hydroxylation is 2. The maximum absolute atomic E-state index is 13.1. The first kappa shape index (κ1) is 29.9. The third-order valence-corrected chi connectivity index (χ3v) is 8.77. The lowest BCUT2D eigenvalue weighted by molar-refractivity contribution is 0.417. The number of hydrogen-bond acceptors (Lipinski definition) is 11. The molecule has 13 nitrogen and oxygen atoms in total. The molecule has 0 spiro atoms. The minimum Gasteiger partial charge on any atom is -0.495 e. The van der Waals surface area contributed by atoms with Crippen LogP contribution < -0.4 is 14.7 Å². The topological polar surface area (TPSA) is 212 Å². The molecule has 0 unspecified atom stereocenters. The van der Waals surface area contributed by atoms with E-state index in [0.29, 0.717) is 11.3 Å². The molecule has 4 aromatic carbocycles. The summed E-state index contributed by atoms with van der Waals surface area (Å²) >= 11 is 0. The van der Waals surface area contributed by atoms with Gasteiger partial charge in [0, 0.05) is 12.1 Å². The summed E-state index contributed by atoms with van der Waals surface area (Å²) in [5, 5.41) is 7.74. The maximum atomic E-state index is 13.1. The Bertz CT molecular complexity index is 2040. The summed E-state index contributed by atoms with van der Waals surface area (Å²) in [4.78, 5) is -1.80. The fourth-order valence-corrected chi connectivity index (χ4v) is 5.81. The van der Waals surface area contributed by atoms with Gasteiger partial charge in [-0.3, -0.25) is 9.11 Å². The molecule has 0 bridgehead atoms. The average Bonchev–Trinajstić information content (AvgIpc) is 2.86. The molecule has 4 rings (SSSR count). The van der Waals surface area contributed by atoms with Crippen LogP contribution in [0.5, 0.6) is 11.5 Å². The Balaban J connectivity index is 2.03. The number of azo groups is 1. The van der Waals surface area contributed by atoms with Crippen molar-refractivity contribution in [3.8, 4) is 11.5 Å². The number of anilines is 1. The Hall–Kier alpha value is -4.09. The summed E-state index contributed by atoms with van der Waals surface area (Å²) < 4.78 is 104. The van der Waals surface area contributed by atoms with Gasteiger partial charge in [0.25, 0.3) is 20.2 Å². The Morgan fingerprint density at radius 1 is 0.707 bits per heavy atom. The van der Waals surface area contributed by atoms with E-state index in [9.17, 15) is 34.4 Å². The van der Waals surface area contributed by atoms with Gasteiger partial charge < -0.3 is 14.7 Å². The van der Waals surface area contributed by atoms with Crippen LogP contribution in [-0.2, 0) is 30.4 Å². The number of nitrogens with zero attached hydrogens (tertiary/aromatic N) is 2. The molecule has 0 saturated carbocycles. The molecule has 0 heterocycles. The predicted molar refractivity (Wildman–Crippen MR) is 149 cm³/mol. The Morgan fingerprint density at radius 2 is 1.27 bits per heavy atom. The molecular weight excluding hydrogens is 598 g/mol. The van der Waals surface area contributed by atoms with Gasteiger partial charge in [-0.15, -0.1) is 5.11 Å². The van der Waals surface area contributed by atoms with Gasteiger partial charge in [-0.1, -0.05) is 17.7 Å². The molecule has 4 aromatic rings. The molecule has 0 aromatic heterocycles. The molecule has 0 fully saturated rings. The quantitative estimate of drug-likeness (QED) is 0.106. The van der Waals surface area contributed by atoms with Gasteiger partial charge >= 0.3 is 10.1 Å². The largest absolute Gasteiger partial charge is 0.495 e. The fourth-order valence-electron chi connectivity index (χ4n) is 3.81. The molecule has 16 heteroatoms. The van der Waals surface area contributed by atoms with Crippen molar-refractivity contribution in [3.05, 3.63) is 71.8 Å². The molecule has 0 aliphatic rings. The van der Waals surface area contributed by atoms with E-state index in [4.69, 9.17) is 14.7 Å². The number of nitrogens with two attached hydrogens (primary N) is 1. The Kier molecular flexibility index (Phi) is 7.81. The number of ether oxygens (including phenoxy) is 1. The lowest BCUT2D eigenvalue weighted by Crippen LogP contribution is -2.11. The van der Waals surface area contributed by atoms with Crippen LogP contribution in [0.2, 0.25) is 0 Å². The van der Waals surface area contributed by atoms with Gasteiger partial charge in [-0.05, 0) is 61.2 Å². The summed E-state index contributed by atoms with van der Waals surface area (Å²) in [6, 6.07) is 12.0. The number of fused-ring (bicyclic) bond motifs is 1. The highest BCUT2D eigenvalue weighted by molar-refractivity contribution is 7.87. The van der Waals surface area contributed by atoms with Crippen LogP contribution in [0.25, 0.3) is 10.8 Å². The highest BCUT2D eigenvalue weighted by atomic mass is 32.2. The average molecular weight is 622 g/mol. The monoisotopic (exact) mass is 621 g/mol. The highest BCUT2D eigenvalue weighted by Gasteiger charge is 2.25. The van der Waals surface area contributed by atoms with E-state index in [1.165, 1.54) is 37.4 Å². The standard InChI is InChI=1S/C25H23N3O10S3/c1-14-4-6-17(7-5-14)41(35,36)38-24-12-19(40(32,33)34)10-16-9-18(39(29,30)31)11-22(25(16)24)28-27-21-13-23(37-3)20(26)8-15(21)2/h4-13H,26H2,1-3H3,(H,29,30,31)(H,32,33,34). The second-order valence-electron chi connectivity index (χ2n) is 8.84. The van der Waals surface area contributed by atoms with Crippen molar-refractivity contribution in [1.29, 1.82) is 0 Å². The van der Waals surface area contributed by atoms with Crippen LogP contribution >= 0.6 is 0 Å². The van der Waals surface area contributed by atoms with E-state index < -0.39 is 45.9 Å². The van der Waals surface area contributed by atoms with E-state index in [1.807, 2.05) is 0 Å². The van der Waals surface area contributed by atoms with Gasteiger partial charge in [0.15, 0.2) is 5.75 Å². The van der Waals surface area contributed by atoms with Crippen LogP contribution in [0.15, 0.2) is 85.6 Å². The zero-order valence-corrected chi connectivity index (χ0v) is 24.1. The van der Waals surface area contributed by atoms with Gasteiger partial charge in [0.2, 0.25) is 0 Å². The van der Waals surface area contributed by atoms with E-state index in [-0.39, 0.29) is 32.8 Å². The Labute approximate surface area is 235 Å². The van der Waals surface area contributed by atoms with Crippen LogP contribution in [0.3, 0.4) is 0 Å². The summed E-state index contributed by atoms with van der Waals surface area (Å²) in [5.41, 5.74) is 7.45. The molecule has 0 saturated heterocycles. The minimum absolute atomic E-state index is 0.190. The van der Waals surface area contributed by atoms with E-state index in [1.54, 1.807) is 19.9 Å². The number of hydrogen-bond donors (Lipinski definition) is 3. The summed E-state index contributed by atoms with van der Waals surface area (Å²) in [6.45, 7) is 3.40. The van der Waals surface area contributed by atoms with Crippen molar-refractivity contribution in [2.75, 3.05) is 12.8 Å². The lowest BCUT2D eigenvalue weighted by Gasteiger charge is -2.14. The van der Waals surface area contributed by atoms with Crippen molar-refractivity contribution in [1.82, 2.24) is 0 Å². The van der Waals surface area contributed by atoms with Crippen LogP contribution in [0.1, 0.15) is 11.1 Å². The van der Waals surface area contributed by atoms with E-state index in [2.05, 4.69) is 10.2 Å². The second-order valence-corrected chi connectivity index (χ2v) is 13.2. The molecule has 216 valence electrons. The fraction of sp³-hybridized carbons (Fsp3) is 0.120. The van der Waals surface area contributed by atoms with Gasteiger partial charge in [0.05, 0.1) is 39.3 Å². The summed E-state index contributed by atoms with van der Waals surface area (Å²) in [7, 11) is -13.0. The summed E-state index contributed by atoms with van der Waals surface area (Å²) in [6.07, 6.45) is 0. The molecule has 0 amide bonds. The number of methoxy groups -OCH3 is 1. The van der Waals surface area contributed by atoms with Gasteiger partial charge in [0.1, 0.15) is 10.6 Å². The minimum atomic E-state index is -4.94. The third kappa shape index (κ3) is 6.47. The molecule has 41 heavy (non-hydrogen) atoms. The van der Waals surface area contributed by atoms with Gasteiger partial charge in [-0.2, -0.15) is 30.4 Å². The first-order chi connectivity index (χ1) is 19.0. The van der Waals surface area contributed by atoms with Crippen molar-refractivity contribution >= 4 is 58.2 Å². The maximum Gasteiger partial charge on any atom is 0.339 e. The first-order valence-corrected chi connectivity index (χ1v) is 15.7. The molecule has 0 atom stereocenters. The van der Waals surface area contributed by atoms with Crippen molar-refractivity contribution in [3.63, 3.8) is 0 Å². The second kappa shape index (κ2) is 10.7. The highest BCUT2D eigenvalue weighted by Crippen LogP contribution is 2.41. The van der Waals surface area contributed by atoms with Gasteiger partial charge in [-0.25, -0.2) is 0 Å². The molecule has 4 N–H and O–H groups in total. The molecular formula is C25H23N3O10S3. The number of rotatable bonds is 8. The van der Waals surface area contributed by atoms with E-state index in [0.717, 1.165) is 29.8 Å². The zero-order valence-electron chi connectivity index (χ0n) is 21.6. The third-order valence-electron chi connectivity index (χ3n) is 5.86. The first-order valence-electron chi connectivity index (χ1n) is 11.4. The smallest absolute Gasteiger partial charge is 0.339 e. The molecule has 0 aliphatic carbocycles. The Morgan fingerprint density at radius 3 is 1.83 bits per heavy atom. The van der Waals surface area contributed by atoms with Crippen molar-refractivity contribution < 1.29 is 43.3 Å². The number of nitrogen functional groups attached to an aromatic ring is 1. The van der Waals surface area contributed by atoms with E-state index >= 15 is 0 Å². The van der Waals surface area contributed by atoms with Crippen molar-refractivity contribution in [2.24, 2.45) is 10.2 Å². The normalized spacial score (nSPS) is 12.6. The lowest BCUT2D eigenvalue weighted by atomic mass is 10.1.